The summed E-state index contributed by atoms with van der Waals surface area (Å²) in [6.07, 6.45) is 1.71. The third-order valence-corrected chi connectivity index (χ3v) is 5.59. The van der Waals surface area contributed by atoms with Crippen LogP contribution in [-0.2, 0) is 11.3 Å². The van der Waals surface area contributed by atoms with Gasteiger partial charge in [-0.3, -0.25) is 10.3 Å². The summed E-state index contributed by atoms with van der Waals surface area (Å²) in [4.78, 5) is 4.84. The van der Waals surface area contributed by atoms with Gasteiger partial charge in [-0.15, -0.1) is 0 Å². The third-order valence-electron chi connectivity index (χ3n) is 5.13. The average molecular weight is 461 g/mol. The van der Waals surface area contributed by atoms with E-state index in [1.807, 2.05) is 24.3 Å². The largest absolute Gasteiger partial charge is 0.383 e. The van der Waals surface area contributed by atoms with Crippen molar-refractivity contribution in [3.05, 3.63) is 58.6 Å². The van der Waals surface area contributed by atoms with Gasteiger partial charge in [0.15, 0.2) is 5.11 Å². The van der Waals surface area contributed by atoms with Crippen LogP contribution in [0, 0.1) is 0 Å². The van der Waals surface area contributed by atoms with E-state index in [-0.39, 0.29) is 5.11 Å². The highest BCUT2D eigenvalue weighted by atomic mass is 35.5. The van der Waals surface area contributed by atoms with E-state index in [9.17, 15) is 0 Å². The number of ether oxygens (including phenoxy) is 1. The van der Waals surface area contributed by atoms with Crippen LogP contribution in [0.4, 0.5) is 11.4 Å². The summed E-state index contributed by atoms with van der Waals surface area (Å²) in [6, 6.07) is 14.4. The van der Waals surface area contributed by atoms with E-state index in [1.54, 1.807) is 13.3 Å². The maximum atomic E-state index is 6.32. The molecule has 1 saturated heterocycles. The highest BCUT2D eigenvalue weighted by Crippen LogP contribution is 2.25. The standard InChI is InChI=1S/C22H29ClN6OS/c1-30-13-8-25-21-14-19(7-6-17(21)15-26-27-22(24)31)29-11-9-28(10-12-29)16-18-4-2-3-5-20(18)23/h2-7,14-15,25H,8-13,16H2,1H3,(H3,24,27,31)/b26-15+. The van der Waals surface area contributed by atoms with Gasteiger partial charge < -0.3 is 20.7 Å². The van der Waals surface area contributed by atoms with Crippen LogP contribution in [0.5, 0.6) is 0 Å². The number of hydrazone groups is 1. The Morgan fingerprint density at radius 2 is 2.00 bits per heavy atom. The van der Waals surface area contributed by atoms with Crippen molar-refractivity contribution in [2.75, 3.05) is 56.7 Å². The maximum Gasteiger partial charge on any atom is 0.184 e. The molecule has 9 heteroatoms. The highest BCUT2D eigenvalue weighted by Gasteiger charge is 2.18. The van der Waals surface area contributed by atoms with Crippen LogP contribution in [0.1, 0.15) is 11.1 Å². The Balaban J connectivity index is 1.65. The maximum absolute atomic E-state index is 6.32. The first-order valence-corrected chi connectivity index (χ1v) is 11.0. The molecule has 0 spiro atoms. The Morgan fingerprint density at radius 1 is 1.23 bits per heavy atom. The van der Waals surface area contributed by atoms with Crippen LogP contribution in [0.2, 0.25) is 5.02 Å². The number of nitrogens with one attached hydrogen (secondary N) is 2. The van der Waals surface area contributed by atoms with Crippen LogP contribution in [0.3, 0.4) is 0 Å². The van der Waals surface area contributed by atoms with E-state index in [0.717, 1.165) is 49.0 Å². The van der Waals surface area contributed by atoms with Crippen molar-refractivity contribution < 1.29 is 4.74 Å². The van der Waals surface area contributed by atoms with E-state index < -0.39 is 0 Å². The van der Waals surface area contributed by atoms with Gasteiger partial charge in [0.1, 0.15) is 0 Å². The molecule has 7 nitrogen and oxygen atoms in total. The Bertz CT molecular complexity index is 901. The zero-order valence-corrected chi connectivity index (χ0v) is 19.3. The van der Waals surface area contributed by atoms with Gasteiger partial charge in [-0.1, -0.05) is 29.8 Å². The molecule has 0 aliphatic carbocycles. The van der Waals surface area contributed by atoms with Crippen molar-refractivity contribution in [2.45, 2.75) is 6.54 Å². The zero-order valence-electron chi connectivity index (χ0n) is 17.7. The molecule has 1 fully saturated rings. The lowest BCUT2D eigenvalue weighted by atomic mass is 10.1. The van der Waals surface area contributed by atoms with E-state index in [1.165, 1.54) is 11.3 Å². The molecule has 166 valence electrons. The monoisotopic (exact) mass is 460 g/mol. The third kappa shape index (κ3) is 7.07. The quantitative estimate of drug-likeness (QED) is 0.230. The van der Waals surface area contributed by atoms with Crippen LogP contribution in [-0.4, -0.2) is 62.7 Å². The van der Waals surface area contributed by atoms with Gasteiger partial charge in [0, 0.05) is 68.3 Å². The van der Waals surface area contributed by atoms with Crippen molar-refractivity contribution >= 4 is 46.5 Å². The molecule has 0 amide bonds. The normalized spacial score (nSPS) is 14.7. The molecular weight excluding hydrogens is 432 g/mol. The number of rotatable bonds is 9. The summed E-state index contributed by atoms with van der Waals surface area (Å²) in [6.45, 7) is 6.08. The predicted octanol–water partition coefficient (Wildman–Crippen LogP) is 2.89. The first-order chi connectivity index (χ1) is 15.1. The number of methoxy groups -OCH3 is 1. The van der Waals surface area contributed by atoms with Gasteiger partial charge in [-0.05, 0) is 42.0 Å². The van der Waals surface area contributed by atoms with Crippen LogP contribution in [0.25, 0.3) is 0 Å². The second-order valence-corrected chi connectivity index (χ2v) is 8.13. The first-order valence-electron chi connectivity index (χ1n) is 10.2. The molecule has 0 bridgehead atoms. The molecule has 0 atom stereocenters. The predicted molar refractivity (Wildman–Crippen MR) is 133 cm³/mol. The lowest BCUT2D eigenvalue weighted by molar-refractivity contribution is 0.211. The fraction of sp³-hybridized carbons (Fsp3) is 0.364. The van der Waals surface area contributed by atoms with Gasteiger partial charge >= 0.3 is 0 Å². The topological polar surface area (TPSA) is 78.2 Å². The van der Waals surface area contributed by atoms with Gasteiger partial charge in [0.2, 0.25) is 0 Å². The van der Waals surface area contributed by atoms with Gasteiger partial charge in [0.05, 0.1) is 12.8 Å². The minimum atomic E-state index is 0.136. The number of nitrogens with zero attached hydrogens (tertiary/aromatic N) is 3. The SMILES string of the molecule is COCCNc1cc(N2CCN(Cc3ccccc3Cl)CC2)ccc1/C=N/NC(N)=S. The van der Waals surface area contributed by atoms with E-state index in [4.69, 9.17) is 34.3 Å². The molecule has 31 heavy (non-hydrogen) atoms. The minimum absolute atomic E-state index is 0.136. The number of benzene rings is 2. The molecule has 1 aliphatic heterocycles. The molecule has 0 unspecified atom stereocenters. The molecule has 3 rings (SSSR count). The number of anilines is 2. The Labute approximate surface area is 194 Å². The summed E-state index contributed by atoms with van der Waals surface area (Å²) >= 11 is 11.1. The zero-order chi connectivity index (χ0) is 22.1. The second kappa shape index (κ2) is 11.9. The second-order valence-electron chi connectivity index (χ2n) is 7.28. The smallest absolute Gasteiger partial charge is 0.184 e. The molecule has 2 aromatic rings. The lowest BCUT2D eigenvalue weighted by Crippen LogP contribution is -2.46. The van der Waals surface area contributed by atoms with E-state index in [2.05, 4.69) is 43.8 Å². The minimum Gasteiger partial charge on any atom is -0.383 e. The number of nitrogens with two attached hydrogens (primary N) is 1. The van der Waals surface area contributed by atoms with Crippen LogP contribution in [0.15, 0.2) is 47.6 Å². The van der Waals surface area contributed by atoms with Gasteiger partial charge in [0.25, 0.3) is 0 Å². The Kier molecular flexibility index (Phi) is 8.90. The number of hydrogen-bond acceptors (Lipinski definition) is 6. The highest BCUT2D eigenvalue weighted by molar-refractivity contribution is 7.80. The van der Waals surface area contributed by atoms with Crippen LogP contribution < -0.4 is 21.4 Å². The molecule has 0 radical (unpaired) electrons. The summed E-state index contributed by atoms with van der Waals surface area (Å²) in [7, 11) is 1.69. The van der Waals surface area contributed by atoms with Crippen molar-refractivity contribution in [1.29, 1.82) is 0 Å². The molecule has 4 N–H and O–H groups in total. The lowest BCUT2D eigenvalue weighted by Gasteiger charge is -2.36. The molecule has 1 heterocycles. The van der Waals surface area contributed by atoms with Gasteiger partial charge in [-0.25, -0.2) is 0 Å². The molecule has 1 aliphatic rings. The first kappa shape index (κ1) is 23.3. The average Bonchev–Trinajstić information content (AvgIpc) is 2.77. The fourth-order valence-electron chi connectivity index (χ4n) is 3.49. The van der Waals surface area contributed by atoms with Crippen molar-refractivity contribution in [2.24, 2.45) is 10.8 Å². The summed E-state index contributed by atoms with van der Waals surface area (Å²) in [5, 5.41) is 8.47. The molecule has 0 aromatic heterocycles. The van der Waals surface area contributed by atoms with Crippen molar-refractivity contribution in [1.82, 2.24) is 10.3 Å². The number of thiocarbonyl (C=S) groups is 1. The van der Waals surface area contributed by atoms with Crippen molar-refractivity contribution in [3.8, 4) is 0 Å². The number of hydrogen-bond donors (Lipinski definition) is 3. The van der Waals surface area contributed by atoms with Crippen LogP contribution >= 0.6 is 23.8 Å². The van der Waals surface area contributed by atoms with E-state index in [0.29, 0.717) is 13.2 Å². The summed E-state index contributed by atoms with van der Waals surface area (Å²) in [5.41, 5.74) is 12.3. The molecule has 2 aromatic carbocycles. The Hall–Kier alpha value is -2.39. The summed E-state index contributed by atoms with van der Waals surface area (Å²) < 4.78 is 5.16. The van der Waals surface area contributed by atoms with Gasteiger partial charge in [-0.2, -0.15) is 5.10 Å². The number of halogens is 1. The van der Waals surface area contributed by atoms with Crippen molar-refractivity contribution in [3.63, 3.8) is 0 Å². The fourth-order valence-corrected chi connectivity index (χ4v) is 3.74. The Morgan fingerprint density at radius 3 is 2.71 bits per heavy atom. The molecule has 0 saturated carbocycles. The summed E-state index contributed by atoms with van der Waals surface area (Å²) in [5.74, 6) is 0. The molecular formula is C22H29ClN6OS. The number of piperazine rings is 1. The van der Waals surface area contributed by atoms with E-state index >= 15 is 0 Å².